The third-order valence-electron chi connectivity index (χ3n) is 10.0. The summed E-state index contributed by atoms with van der Waals surface area (Å²) in [5.41, 5.74) is 5.69. The van der Waals surface area contributed by atoms with Gasteiger partial charge in [0.2, 0.25) is 11.8 Å². The summed E-state index contributed by atoms with van der Waals surface area (Å²) >= 11 is 0. The molecular formula is C36H46N4O4. The summed E-state index contributed by atoms with van der Waals surface area (Å²) in [6, 6.07) is 15.5. The number of aryl methyl sites for hydroxylation is 1. The predicted molar refractivity (Wildman–Crippen MR) is 172 cm³/mol. The van der Waals surface area contributed by atoms with Crippen molar-refractivity contribution in [3.8, 4) is 16.9 Å². The standard InChI is InChI=1S/C36H46N4O4/c1-24-18-29(12-17-34(24)44-2)26-8-6-25(7-9-26)21-39(36(43)27-10-13-31(14-11-27)38-35(42)23-41)33-5-3-4-28(19-33)30-20-37-40(22-30)32-15-16-32/h3-5,12,17-20,22,25-27,31-32,41H,6-11,13-16,21,23H2,1-2H3,(H,38,42)/t25-,26-,27-,31-. The second kappa shape index (κ2) is 13.6. The van der Waals surface area contributed by atoms with Gasteiger partial charge in [0.1, 0.15) is 12.4 Å². The van der Waals surface area contributed by atoms with Gasteiger partial charge in [0.05, 0.1) is 19.3 Å². The van der Waals surface area contributed by atoms with Crippen LogP contribution < -0.4 is 15.0 Å². The van der Waals surface area contributed by atoms with Crippen molar-refractivity contribution in [2.45, 2.75) is 89.1 Å². The maximum absolute atomic E-state index is 14.3. The van der Waals surface area contributed by atoms with E-state index in [0.29, 0.717) is 17.9 Å². The fourth-order valence-electron chi connectivity index (χ4n) is 7.27. The first-order valence-corrected chi connectivity index (χ1v) is 16.4. The molecule has 2 amide bonds. The zero-order chi connectivity index (χ0) is 30.6. The van der Waals surface area contributed by atoms with Gasteiger partial charge in [-0.05, 0) is 118 Å². The van der Waals surface area contributed by atoms with Gasteiger partial charge in [-0.2, -0.15) is 5.10 Å². The molecule has 44 heavy (non-hydrogen) atoms. The molecule has 3 aliphatic carbocycles. The van der Waals surface area contributed by atoms with Crippen LogP contribution in [0.1, 0.15) is 87.3 Å². The predicted octanol–water partition coefficient (Wildman–Crippen LogP) is 6.18. The highest BCUT2D eigenvalue weighted by atomic mass is 16.5. The smallest absolute Gasteiger partial charge is 0.245 e. The molecule has 0 atom stereocenters. The number of carbonyl (C=O) groups excluding carboxylic acids is 2. The van der Waals surface area contributed by atoms with E-state index in [1.807, 2.05) is 6.20 Å². The minimum Gasteiger partial charge on any atom is -0.496 e. The Hall–Kier alpha value is -3.65. The molecular weight excluding hydrogens is 552 g/mol. The van der Waals surface area contributed by atoms with E-state index in [4.69, 9.17) is 9.84 Å². The number of hydrogen-bond acceptors (Lipinski definition) is 5. The minimum absolute atomic E-state index is 0.0235. The highest BCUT2D eigenvalue weighted by Gasteiger charge is 2.33. The monoisotopic (exact) mass is 598 g/mol. The number of benzene rings is 2. The van der Waals surface area contributed by atoms with Crippen LogP contribution in [0.15, 0.2) is 54.9 Å². The summed E-state index contributed by atoms with van der Waals surface area (Å²) in [7, 11) is 1.72. The number of aromatic nitrogens is 2. The van der Waals surface area contributed by atoms with E-state index in [0.717, 1.165) is 80.5 Å². The minimum atomic E-state index is -0.497. The number of anilines is 1. The third-order valence-corrected chi connectivity index (χ3v) is 10.0. The fraction of sp³-hybridized carbons (Fsp3) is 0.528. The van der Waals surface area contributed by atoms with Gasteiger partial charge in [0, 0.05) is 36.0 Å². The number of rotatable bonds is 10. The number of aliphatic hydroxyl groups is 1. The molecule has 3 fully saturated rings. The summed E-state index contributed by atoms with van der Waals surface area (Å²) in [6.45, 7) is 2.33. The van der Waals surface area contributed by atoms with Crippen LogP contribution in [0.4, 0.5) is 5.69 Å². The van der Waals surface area contributed by atoms with Crippen molar-refractivity contribution in [1.82, 2.24) is 15.1 Å². The topological polar surface area (TPSA) is 96.7 Å². The van der Waals surface area contributed by atoms with Crippen LogP contribution in [0.5, 0.6) is 5.75 Å². The highest BCUT2D eigenvalue weighted by Crippen LogP contribution is 2.39. The van der Waals surface area contributed by atoms with Crippen LogP contribution >= 0.6 is 0 Å². The van der Waals surface area contributed by atoms with Gasteiger partial charge in [0.25, 0.3) is 0 Å². The lowest BCUT2D eigenvalue weighted by atomic mass is 9.78. The molecule has 3 saturated carbocycles. The summed E-state index contributed by atoms with van der Waals surface area (Å²) in [4.78, 5) is 28.0. The van der Waals surface area contributed by atoms with Crippen LogP contribution in [0.2, 0.25) is 0 Å². The van der Waals surface area contributed by atoms with Crippen LogP contribution in [-0.2, 0) is 9.59 Å². The van der Waals surface area contributed by atoms with Crippen molar-refractivity contribution in [2.75, 3.05) is 25.2 Å². The molecule has 3 aliphatic rings. The number of nitrogens with one attached hydrogen (secondary N) is 1. The highest BCUT2D eigenvalue weighted by molar-refractivity contribution is 5.95. The Kier molecular flexibility index (Phi) is 9.36. The lowest BCUT2D eigenvalue weighted by Gasteiger charge is -2.36. The molecule has 234 valence electrons. The van der Waals surface area contributed by atoms with Gasteiger partial charge < -0.3 is 20.1 Å². The van der Waals surface area contributed by atoms with Crippen LogP contribution in [-0.4, -0.2) is 53.0 Å². The number of aliphatic hydroxyl groups excluding tert-OH is 1. The number of amides is 2. The summed E-state index contributed by atoms with van der Waals surface area (Å²) in [6.07, 6.45) is 13.9. The lowest BCUT2D eigenvalue weighted by Crippen LogP contribution is -2.44. The number of ether oxygens (including phenoxy) is 1. The fourth-order valence-corrected chi connectivity index (χ4v) is 7.27. The molecule has 0 aliphatic heterocycles. The van der Waals surface area contributed by atoms with Gasteiger partial charge in [-0.3, -0.25) is 14.3 Å². The average Bonchev–Trinajstić information content (AvgIpc) is 3.79. The molecule has 6 rings (SSSR count). The molecule has 2 N–H and O–H groups in total. The Bertz CT molecular complexity index is 1450. The zero-order valence-electron chi connectivity index (χ0n) is 26.1. The Morgan fingerprint density at radius 2 is 1.75 bits per heavy atom. The molecule has 2 aromatic carbocycles. The van der Waals surface area contributed by atoms with Gasteiger partial charge >= 0.3 is 0 Å². The number of nitrogens with zero attached hydrogens (tertiary/aromatic N) is 3. The van der Waals surface area contributed by atoms with E-state index < -0.39 is 6.61 Å². The van der Waals surface area contributed by atoms with Crippen molar-refractivity contribution in [3.63, 3.8) is 0 Å². The third kappa shape index (κ3) is 7.01. The largest absolute Gasteiger partial charge is 0.496 e. The van der Waals surface area contributed by atoms with E-state index in [2.05, 4.69) is 75.6 Å². The molecule has 0 spiro atoms. The molecule has 3 aromatic rings. The Labute approximate surface area is 260 Å². The molecule has 0 radical (unpaired) electrons. The quantitative estimate of drug-likeness (QED) is 0.291. The van der Waals surface area contributed by atoms with Gasteiger partial charge in [-0.1, -0.05) is 24.3 Å². The molecule has 0 saturated heterocycles. The first kappa shape index (κ1) is 30.4. The summed E-state index contributed by atoms with van der Waals surface area (Å²) < 4.78 is 7.54. The first-order chi connectivity index (χ1) is 21.4. The van der Waals surface area contributed by atoms with E-state index in [1.165, 1.54) is 24.0 Å². The van der Waals surface area contributed by atoms with Crippen molar-refractivity contribution in [1.29, 1.82) is 0 Å². The Morgan fingerprint density at radius 1 is 0.977 bits per heavy atom. The molecule has 0 unspecified atom stereocenters. The molecule has 1 aromatic heterocycles. The maximum Gasteiger partial charge on any atom is 0.245 e. The van der Waals surface area contributed by atoms with E-state index in [-0.39, 0.29) is 23.8 Å². The van der Waals surface area contributed by atoms with Crippen LogP contribution in [0.3, 0.4) is 0 Å². The maximum atomic E-state index is 14.3. The van der Waals surface area contributed by atoms with Crippen molar-refractivity contribution in [3.05, 3.63) is 66.0 Å². The second-order valence-electron chi connectivity index (χ2n) is 13.2. The van der Waals surface area contributed by atoms with E-state index >= 15 is 0 Å². The lowest BCUT2D eigenvalue weighted by molar-refractivity contribution is -0.125. The van der Waals surface area contributed by atoms with Gasteiger partial charge in [-0.25, -0.2) is 0 Å². The average molecular weight is 599 g/mol. The molecule has 1 heterocycles. The Morgan fingerprint density at radius 3 is 2.43 bits per heavy atom. The second-order valence-corrected chi connectivity index (χ2v) is 13.2. The first-order valence-electron chi connectivity index (χ1n) is 16.4. The van der Waals surface area contributed by atoms with Crippen LogP contribution in [0, 0.1) is 18.8 Å². The van der Waals surface area contributed by atoms with Crippen molar-refractivity contribution in [2.24, 2.45) is 11.8 Å². The molecule has 8 nitrogen and oxygen atoms in total. The van der Waals surface area contributed by atoms with Crippen molar-refractivity contribution >= 4 is 17.5 Å². The number of hydrogen-bond donors (Lipinski definition) is 2. The van der Waals surface area contributed by atoms with E-state index in [9.17, 15) is 9.59 Å². The van der Waals surface area contributed by atoms with E-state index in [1.54, 1.807) is 7.11 Å². The zero-order valence-corrected chi connectivity index (χ0v) is 26.1. The van der Waals surface area contributed by atoms with Crippen molar-refractivity contribution < 1.29 is 19.4 Å². The van der Waals surface area contributed by atoms with Crippen LogP contribution in [0.25, 0.3) is 11.1 Å². The van der Waals surface area contributed by atoms with Gasteiger partial charge in [-0.15, -0.1) is 0 Å². The SMILES string of the molecule is COc1ccc([C@H]2CC[C@H](CN(c3cccc(-c4cnn(C5CC5)c4)c3)C(=O)[C@H]3CC[C@H](NC(=O)CO)CC3)CC2)cc1C. The molecule has 0 bridgehead atoms. The summed E-state index contributed by atoms with van der Waals surface area (Å²) in [5, 5.41) is 16.6. The molecule has 8 heteroatoms. The Balaban J connectivity index is 1.17. The normalized spacial score (nSPS) is 23.6. The summed E-state index contributed by atoms with van der Waals surface area (Å²) in [5.74, 6) is 1.69. The van der Waals surface area contributed by atoms with Gasteiger partial charge in [0.15, 0.2) is 0 Å². The number of methoxy groups -OCH3 is 1. The number of carbonyl (C=O) groups is 2.